The summed E-state index contributed by atoms with van der Waals surface area (Å²) in [5, 5.41) is 7.06. The van der Waals surface area contributed by atoms with Crippen molar-refractivity contribution in [2.45, 2.75) is 31.8 Å². The van der Waals surface area contributed by atoms with Crippen LogP contribution in [-0.4, -0.2) is 41.1 Å². The number of carbonyl (C=O) groups is 1. The predicted octanol–water partition coefficient (Wildman–Crippen LogP) is 3.39. The number of rotatable bonds is 7. The first-order valence-corrected chi connectivity index (χ1v) is 10.2. The highest BCUT2D eigenvalue weighted by atomic mass is 16.5. The van der Waals surface area contributed by atoms with Gasteiger partial charge in [-0.3, -0.25) is 14.7 Å². The molecular formula is C23H26N4O3. The smallest absolute Gasteiger partial charge is 0.290 e. The van der Waals surface area contributed by atoms with Gasteiger partial charge in [-0.05, 0) is 49.2 Å². The topological polar surface area (TPSA) is 80.5 Å². The quantitative estimate of drug-likeness (QED) is 0.648. The van der Waals surface area contributed by atoms with Crippen molar-refractivity contribution in [2.24, 2.45) is 0 Å². The van der Waals surface area contributed by atoms with Crippen molar-refractivity contribution in [1.29, 1.82) is 0 Å². The Labute approximate surface area is 176 Å². The molecule has 4 rings (SSSR count). The van der Waals surface area contributed by atoms with Gasteiger partial charge in [0.1, 0.15) is 5.75 Å². The van der Waals surface area contributed by atoms with Crippen LogP contribution in [0.5, 0.6) is 5.75 Å². The van der Waals surface area contributed by atoms with Crippen molar-refractivity contribution in [2.75, 3.05) is 20.2 Å². The fourth-order valence-corrected chi connectivity index (χ4v) is 3.76. The minimum atomic E-state index is -0.259. The average Bonchev–Trinajstić information content (AvgIpc) is 3.29. The average molecular weight is 406 g/mol. The molecule has 30 heavy (non-hydrogen) atoms. The van der Waals surface area contributed by atoms with Gasteiger partial charge in [0, 0.05) is 37.8 Å². The SMILES string of the molecule is COc1ccc(CNC(=O)c2cc([C@@H]3CCCN(Cc4ccccn4)C3)no2)cc1. The summed E-state index contributed by atoms with van der Waals surface area (Å²) >= 11 is 0. The second kappa shape index (κ2) is 9.54. The molecule has 7 heteroatoms. The lowest BCUT2D eigenvalue weighted by Gasteiger charge is -2.31. The first kappa shape index (κ1) is 20.1. The number of ether oxygens (including phenoxy) is 1. The molecule has 0 bridgehead atoms. The van der Waals surface area contributed by atoms with Gasteiger partial charge in [-0.2, -0.15) is 0 Å². The van der Waals surface area contributed by atoms with Gasteiger partial charge < -0.3 is 14.6 Å². The van der Waals surface area contributed by atoms with Gasteiger partial charge in [-0.1, -0.05) is 23.4 Å². The van der Waals surface area contributed by atoms with E-state index >= 15 is 0 Å². The largest absolute Gasteiger partial charge is 0.497 e. The molecule has 3 aromatic rings. The number of pyridine rings is 1. The van der Waals surface area contributed by atoms with Crippen molar-refractivity contribution < 1.29 is 14.1 Å². The van der Waals surface area contributed by atoms with E-state index in [9.17, 15) is 4.79 Å². The van der Waals surface area contributed by atoms with Crippen LogP contribution in [0.3, 0.4) is 0 Å². The van der Waals surface area contributed by atoms with Gasteiger partial charge >= 0.3 is 0 Å². The van der Waals surface area contributed by atoms with Crippen LogP contribution in [0.4, 0.5) is 0 Å². The Balaban J connectivity index is 1.32. The maximum absolute atomic E-state index is 12.5. The molecule has 0 radical (unpaired) electrons. The number of methoxy groups -OCH3 is 1. The van der Waals surface area contributed by atoms with Gasteiger partial charge in [0.2, 0.25) is 5.76 Å². The number of nitrogens with zero attached hydrogens (tertiary/aromatic N) is 3. The number of hydrogen-bond donors (Lipinski definition) is 1. The van der Waals surface area contributed by atoms with Crippen molar-refractivity contribution in [3.8, 4) is 5.75 Å². The van der Waals surface area contributed by atoms with E-state index in [0.717, 1.165) is 55.2 Å². The minimum absolute atomic E-state index is 0.250. The summed E-state index contributed by atoms with van der Waals surface area (Å²) in [4.78, 5) is 19.3. The van der Waals surface area contributed by atoms with Gasteiger partial charge in [-0.15, -0.1) is 0 Å². The summed E-state index contributed by atoms with van der Waals surface area (Å²) in [6, 6.07) is 15.3. The molecule has 1 atom stereocenters. The predicted molar refractivity (Wildman–Crippen MR) is 112 cm³/mol. The molecule has 1 N–H and O–H groups in total. The second-order valence-electron chi connectivity index (χ2n) is 7.54. The first-order chi connectivity index (χ1) is 14.7. The van der Waals surface area contributed by atoms with E-state index in [1.54, 1.807) is 13.2 Å². The van der Waals surface area contributed by atoms with Crippen molar-refractivity contribution in [1.82, 2.24) is 20.4 Å². The lowest BCUT2D eigenvalue weighted by molar-refractivity contribution is 0.0913. The second-order valence-corrected chi connectivity index (χ2v) is 7.54. The minimum Gasteiger partial charge on any atom is -0.497 e. The zero-order valence-electron chi connectivity index (χ0n) is 17.1. The van der Waals surface area contributed by atoms with Crippen molar-refractivity contribution in [3.05, 3.63) is 77.4 Å². The molecule has 1 aliphatic heterocycles. The number of aromatic nitrogens is 2. The Morgan fingerprint density at radius 3 is 2.90 bits per heavy atom. The number of carbonyl (C=O) groups excluding carboxylic acids is 1. The Bertz CT molecular complexity index is 956. The third-order valence-electron chi connectivity index (χ3n) is 5.40. The van der Waals surface area contributed by atoms with E-state index in [2.05, 4.69) is 20.4 Å². The van der Waals surface area contributed by atoms with E-state index < -0.39 is 0 Å². The number of nitrogens with one attached hydrogen (secondary N) is 1. The Morgan fingerprint density at radius 2 is 2.13 bits per heavy atom. The molecule has 0 unspecified atom stereocenters. The maximum atomic E-state index is 12.5. The highest BCUT2D eigenvalue weighted by molar-refractivity contribution is 5.91. The molecule has 3 heterocycles. The summed E-state index contributed by atoms with van der Waals surface area (Å²) in [5.41, 5.74) is 2.90. The lowest BCUT2D eigenvalue weighted by Crippen LogP contribution is -2.34. The van der Waals surface area contributed by atoms with Crippen LogP contribution in [0.2, 0.25) is 0 Å². The number of likely N-dealkylation sites (tertiary alicyclic amines) is 1. The molecule has 0 saturated carbocycles. The Hall–Kier alpha value is -3.19. The zero-order valence-corrected chi connectivity index (χ0v) is 17.1. The van der Waals surface area contributed by atoms with Crippen LogP contribution < -0.4 is 10.1 Å². The van der Waals surface area contributed by atoms with Gasteiger partial charge in [-0.25, -0.2) is 0 Å². The number of hydrogen-bond acceptors (Lipinski definition) is 6. The fourth-order valence-electron chi connectivity index (χ4n) is 3.76. The normalized spacial score (nSPS) is 16.9. The van der Waals surface area contributed by atoms with Crippen LogP contribution in [0.15, 0.2) is 59.3 Å². The summed E-state index contributed by atoms with van der Waals surface area (Å²) < 4.78 is 10.5. The molecule has 156 valence electrons. The number of benzene rings is 1. The molecule has 0 spiro atoms. The molecule has 1 aromatic carbocycles. The first-order valence-electron chi connectivity index (χ1n) is 10.2. The van der Waals surface area contributed by atoms with E-state index in [1.165, 1.54) is 0 Å². The van der Waals surface area contributed by atoms with E-state index in [1.807, 2.05) is 48.7 Å². The van der Waals surface area contributed by atoms with Gasteiger partial charge in [0.15, 0.2) is 0 Å². The fraction of sp³-hybridized carbons (Fsp3) is 0.348. The molecule has 1 saturated heterocycles. The zero-order chi connectivity index (χ0) is 20.8. The van der Waals surface area contributed by atoms with Crippen molar-refractivity contribution >= 4 is 5.91 Å². The van der Waals surface area contributed by atoms with Crippen molar-refractivity contribution in [3.63, 3.8) is 0 Å². The molecule has 1 aliphatic rings. The van der Waals surface area contributed by atoms with Crippen LogP contribution in [0, 0.1) is 0 Å². The molecule has 2 aromatic heterocycles. The van der Waals surface area contributed by atoms with Crippen LogP contribution >= 0.6 is 0 Å². The third-order valence-corrected chi connectivity index (χ3v) is 5.40. The summed E-state index contributed by atoms with van der Waals surface area (Å²) in [7, 11) is 1.63. The van der Waals surface area contributed by atoms with E-state index in [-0.39, 0.29) is 17.6 Å². The third kappa shape index (κ3) is 5.04. The Kier molecular flexibility index (Phi) is 6.39. The maximum Gasteiger partial charge on any atom is 0.290 e. The molecule has 1 amide bonds. The van der Waals surface area contributed by atoms with E-state index in [4.69, 9.17) is 9.26 Å². The molecular weight excluding hydrogens is 380 g/mol. The molecule has 7 nitrogen and oxygen atoms in total. The summed E-state index contributed by atoms with van der Waals surface area (Å²) in [6.07, 6.45) is 3.95. The number of amides is 1. The van der Waals surface area contributed by atoms with Crippen LogP contribution in [0.1, 0.15) is 46.3 Å². The highest BCUT2D eigenvalue weighted by Gasteiger charge is 2.25. The summed E-state index contributed by atoms with van der Waals surface area (Å²) in [6.45, 7) is 3.17. The monoisotopic (exact) mass is 406 g/mol. The van der Waals surface area contributed by atoms with Gasteiger partial charge in [0.25, 0.3) is 5.91 Å². The standard InChI is InChI=1S/C23H26N4O3/c1-29-20-9-7-17(8-10-20)14-25-23(28)22-13-21(26-30-22)18-5-4-12-27(15-18)16-19-6-2-3-11-24-19/h2-3,6-11,13,18H,4-5,12,14-16H2,1H3,(H,25,28)/t18-/m1/s1. The highest BCUT2D eigenvalue weighted by Crippen LogP contribution is 2.27. The molecule has 1 fully saturated rings. The van der Waals surface area contributed by atoms with Crippen LogP contribution in [0.25, 0.3) is 0 Å². The van der Waals surface area contributed by atoms with Gasteiger partial charge in [0.05, 0.1) is 18.5 Å². The summed E-state index contributed by atoms with van der Waals surface area (Å²) in [5.74, 6) is 1.04. The lowest BCUT2D eigenvalue weighted by atomic mass is 9.94. The van der Waals surface area contributed by atoms with E-state index in [0.29, 0.717) is 6.54 Å². The molecule has 0 aliphatic carbocycles. The Morgan fingerprint density at radius 1 is 1.27 bits per heavy atom. The van der Waals surface area contributed by atoms with Crippen LogP contribution in [-0.2, 0) is 13.1 Å². The number of piperidine rings is 1.